The minimum absolute atomic E-state index is 0.00388. The van der Waals surface area contributed by atoms with Crippen molar-refractivity contribution in [2.45, 2.75) is 40.0 Å². The second kappa shape index (κ2) is 15.1. The van der Waals surface area contributed by atoms with Gasteiger partial charge in [0.2, 0.25) is 0 Å². The number of hydrogen-bond donors (Lipinski definition) is 0. The second-order valence-corrected chi connectivity index (χ2v) is 15.2. The molecule has 8 aromatic carbocycles. The van der Waals surface area contributed by atoms with E-state index in [9.17, 15) is 0 Å². The molecule has 1 heterocycles. The van der Waals surface area contributed by atoms with E-state index in [4.69, 9.17) is 0 Å². The van der Waals surface area contributed by atoms with Crippen molar-refractivity contribution in [3.05, 3.63) is 222 Å². The van der Waals surface area contributed by atoms with Gasteiger partial charge in [-0.25, -0.2) is 0 Å². The van der Waals surface area contributed by atoms with Crippen LogP contribution in [-0.4, -0.2) is 4.57 Å². The van der Waals surface area contributed by atoms with Gasteiger partial charge in [0.15, 0.2) is 0 Å². The number of fused-ring (bicyclic) bond motifs is 6. The smallest absolute Gasteiger partial charge is 0.0541 e. The SMILES string of the molecule is Cc1cccc(-n2c3ccccc3c3cc(-c4cccc(-c5ccc6c(c5)C(C)(C)c5ccccc5-6)c4)ccc32)c1.Cc1ccccc1.Cc1ccccc1. The lowest BCUT2D eigenvalue weighted by molar-refractivity contribution is 0.660. The Labute approximate surface area is 326 Å². The van der Waals surface area contributed by atoms with Crippen LogP contribution in [0.4, 0.5) is 0 Å². The average Bonchev–Trinajstić information content (AvgIpc) is 3.67. The van der Waals surface area contributed by atoms with Crippen LogP contribution in [0.15, 0.2) is 194 Å². The van der Waals surface area contributed by atoms with Crippen LogP contribution in [0, 0.1) is 20.8 Å². The van der Waals surface area contributed by atoms with Gasteiger partial charge in [0.25, 0.3) is 0 Å². The summed E-state index contributed by atoms with van der Waals surface area (Å²) in [7, 11) is 0. The topological polar surface area (TPSA) is 4.93 Å². The summed E-state index contributed by atoms with van der Waals surface area (Å²) in [6, 6.07) is 69.8. The van der Waals surface area contributed by atoms with Crippen molar-refractivity contribution in [3.63, 3.8) is 0 Å². The zero-order valence-electron chi connectivity index (χ0n) is 32.4. The first-order chi connectivity index (χ1) is 26.8. The Balaban J connectivity index is 0.000000256. The van der Waals surface area contributed by atoms with E-state index < -0.39 is 0 Å². The summed E-state index contributed by atoms with van der Waals surface area (Å²) in [4.78, 5) is 0. The lowest BCUT2D eigenvalue weighted by atomic mass is 9.81. The maximum Gasteiger partial charge on any atom is 0.0541 e. The molecule has 0 unspecified atom stereocenters. The van der Waals surface area contributed by atoms with Gasteiger partial charge in [-0.1, -0.05) is 177 Å². The van der Waals surface area contributed by atoms with E-state index >= 15 is 0 Å². The highest BCUT2D eigenvalue weighted by molar-refractivity contribution is 6.10. The van der Waals surface area contributed by atoms with Crippen LogP contribution in [-0.2, 0) is 5.41 Å². The monoisotopic (exact) mass is 709 g/mol. The molecule has 1 heteroatoms. The fraction of sp³-hybridized carbons (Fsp3) is 0.111. The van der Waals surface area contributed by atoms with E-state index in [1.165, 1.54) is 88.7 Å². The zero-order chi connectivity index (χ0) is 37.9. The first-order valence-electron chi connectivity index (χ1n) is 19.3. The van der Waals surface area contributed by atoms with Gasteiger partial charge < -0.3 is 4.57 Å². The van der Waals surface area contributed by atoms with Crippen LogP contribution in [0.2, 0.25) is 0 Å². The highest BCUT2D eigenvalue weighted by atomic mass is 15.0. The number of para-hydroxylation sites is 1. The molecule has 0 bridgehead atoms. The summed E-state index contributed by atoms with van der Waals surface area (Å²) >= 11 is 0. The maximum atomic E-state index is 2.41. The molecule has 1 aromatic heterocycles. The minimum Gasteiger partial charge on any atom is -0.309 e. The van der Waals surface area contributed by atoms with Gasteiger partial charge in [0.05, 0.1) is 11.0 Å². The number of hydrogen-bond acceptors (Lipinski definition) is 0. The molecule has 0 spiro atoms. The van der Waals surface area contributed by atoms with Crippen molar-refractivity contribution in [3.8, 4) is 39.1 Å². The minimum atomic E-state index is -0.00388. The van der Waals surface area contributed by atoms with Gasteiger partial charge in [-0.05, 0) is 113 Å². The Kier molecular flexibility index (Phi) is 9.79. The molecule has 1 nitrogen and oxygen atoms in total. The maximum absolute atomic E-state index is 2.41. The molecule has 10 rings (SSSR count). The molecular weight excluding hydrogens is 663 g/mol. The Morgan fingerprint density at radius 2 is 0.873 bits per heavy atom. The number of nitrogens with zero attached hydrogens (tertiary/aromatic N) is 1. The third kappa shape index (κ3) is 7.14. The fourth-order valence-corrected chi connectivity index (χ4v) is 8.03. The van der Waals surface area contributed by atoms with Crippen LogP contribution < -0.4 is 0 Å². The van der Waals surface area contributed by atoms with E-state index in [-0.39, 0.29) is 5.41 Å². The lowest BCUT2D eigenvalue weighted by Gasteiger charge is -2.22. The standard InChI is InChI=1S/C40H31N.2C7H8/c1-26-10-8-13-31(22-26)41-38-17-7-5-15-34(38)35-24-29(19-21-39(35)41)27-11-9-12-28(23-27)30-18-20-33-32-14-4-6-16-36(32)40(2,3)37(33)25-30;2*1-7-5-3-2-4-6-7/h4-25H,1-3H3;2*2-6H,1H3. The average molecular weight is 710 g/mol. The van der Waals surface area contributed by atoms with Crippen molar-refractivity contribution in [1.82, 2.24) is 4.57 Å². The molecule has 0 radical (unpaired) electrons. The molecule has 268 valence electrons. The largest absolute Gasteiger partial charge is 0.309 e. The summed E-state index contributed by atoms with van der Waals surface area (Å²) in [5, 5.41) is 2.56. The molecule has 9 aromatic rings. The zero-order valence-corrected chi connectivity index (χ0v) is 32.4. The Morgan fingerprint density at radius 3 is 1.55 bits per heavy atom. The summed E-state index contributed by atoms with van der Waals surface area (Å²) in [6.07, 6.45) is 0. The van der Waals surface area contributed by atoms with E-state index in [1.807, 2.05) is 36.4 Å². The Morgan fingerprint density at radius 1 is 0.345 bits per heavy atom. The van der Waals surface area contributed by atoms with Crippen molar-refractivity contribution in [1.29, 1.82) is 0 Å². The van der Waals surface area contributed by atoms with E-state index in [0.29, 0.717) is 0 Å². The Bertz CT molecular complexity index is 2710. The number of benzene rings is 8. The lowest BCUT2D eigenvalue weighted by Crippen LogP contribution is -2.14. The third-order valence-electron chi connectivity index (χ3n) is 10.9. The predicted octanol–water partition coefficient (Wildman–Crippen LogP) is 14.7. The molecule has 0 N–H and O–H groups in total. The molecule has 55 heavy (non-hydrogen) atoms. The highest BCUT2D eigenvalue weighted by Crippen LogP contribution is 2.49. The summed E-state index contributed by atoms with van der Waals surface area (Å²) in [5.74, 6) is 0. The third-order valence-corrected chi connectivity index (χ3v) is 10.9. The summed E-state index contributed by atoms with van der Waals surface area (Å²) in [6.45, 7) is 11.0. The summed E-state index contributed by atoms with van der Waals surface area (Å²) in [5.41, 5.74) is 18.1. The van der Waals surface area contributed by atoms with Crippen LogP contribution in [0.3, 0.4) is 0 Å². The Hall–Kier alpha value is -6.44. The fourth-order valence-electron chi connectivity index (χ4n) is 8.03. The number of aryl methyl sites for hydroxylation is 3. The second-order valence-electron chi connectivity index (χ2n) is 15.2. The van der Waals surface area contributed by atoms with E-state index in [2.05, 4.69) is 197 Å². The van der Waals surface area contributed by atoms with Gasteiger partial charge >= 0.3 is 0 Å². The molecule has 0 atom stereocenters. The predicted molar refractivity (Wildman–Crippen MR) is 236 cm³/mol. The molecule has 1 aliphatic carbocycles. The van der Waals surface area contributed by atoms with E-state index in [0.717, 1.165) is 0 Å². The van der Waals surface area contributed by atoms with Crippen LogP contribution in [0.25, 0.3) is 60.9 Å². The van der Waals surface area contributed by atoms with Gasteiger partial charge in [-0.15, -0.1) is 0 Å². The highest BCUT2D eigenvalue weighted by Gasteiger charge is 2.35. The van der Waals surface area contributed by atoms with Crippen LogP contribution in [0.5, 0.6) is 0 Å². The molecule has 0 saturated carbocycles. The molecule has 0 fully saturated rings. The number of aromatic nitrogens is 1. The molecule has 0 aliphatic heterocycles. The van der Waals surface area contributed by atoms with Gasteiger partial charge in [0.1, 0.15) is 0 Å². The number of rotatable bonds is 3. The van der Waals surface area contributed by atoms with Gasteiger partial charge in [-0.3, -0.25) is 0 Å². The van der Waals surface area contributed by atoms with Crippen molar-refractivity contribution < 1.29 is 0 Å². The van der Waals surface area contributed by atoms with Gasteiger partial charge in [0, 0.05) is 21.9 Å². The van der Waals surface area contributed by atoms with Crippen molar-refractivity contribution in [2.75, 3.05) is 0 Å². The van der Waals surface area contributed by atoms with Crippen molar-refractivity contribution in [2.24, 2.45) is 0 Å². The first-order valence-corrected chi connectivity index (χ1v) is 19.3. The van der Waals surface area contributed by atoms with Crippen LogP contribution >= 0.6 is 0 Å². The van der Waals surface area contributed by atoms with Crippen LogP contribution in [0.1, 0.15) is 41.7 Å². The molecule has 1 aliphatic rings. The van der Waals surface area contributed by atoms with E-state index in [1.54, 1.807) is 0 Å². The molecule has 0 saturated heterocycles. The first kappa shape index (κ1) is 35.6. The normalized spacial score (nSPS) is 12.2. The molecule has 0 amide bonds. The quantitative estimate of drug-likeness (QED) is 0.172. The van der Waals surface area contributed by atoms with Crippen molar-refractivity contribution >= 4 is 21.8 Å². The molecular formula is C54H47N. The van der Waals surface area contributed by atoms with Gasteiger partial charge in [-0.2, -0.15) is 0 Å². The summed E-state index contributed by atoms with van der Waals surface area (Å²) < 4.78 is 2.39.